The Morgan fingerprint density at radius 2 is 1.73 bits per heavy atom. The van der Waals surface area contributed by atoms with Crippen LogP contribution in [0.1, 0.15) is 72.1 Å². The number of carboxylic acid groups (broad SMARTS) is 1. The third kappa shape index (κ3) is 8.09. The molecule has 4 N–H and O–H groups in total. The number of anilines is 1. The van der Waals surface area contributed by atoms with E-state index in [1.54, 1.807) is 36.4 Å². The molecule has 0 aromatic heterocycles. The average Bonchev–Trinajstić information content (AvgIpc) is 3.09. The van der Waals surface area contributed by atoms with E-state index >= 15 is 0 Å². The zero-order valence-corrected chi connectivity index (χ0v) is 25.1. The highest BCUT2D eigenvalue weighted by Crippen LogP contribution is 2.43. The van der Waals surface area contributed by atoms with Crippen molar-refractivity contribution in [3.63, 3.8) is 0 Å². The lowest BCUT2D eigenvalue weighted by atomic mass is 9.86. The van der Waals surface area contributed by atoms with Crippen molar-refractivity contribution in [2.24, 2.45) is 5.41 Å². The highest BCUT2D eigenvalue weighted by Gasteiger charge is 2.36. The number of halogens is 4. The minimum Gasteiger partial charge on any atom is -0.465 e. The Kier molecular flexibility index (Phi) is 9.90. The summed E-state index contributed by atoms with van der Waals surface area (Å²) in [5.41, 5.74) is 1.76. The predicted molar refractivity (Wildman–Crippen MR) is 159 cm³/mol. The number of hydrogen-bond donors (Lipinski definition) is 4. The Morgan fingerprint density at radius 1 is 1.00 bits per heavy atom. The number of hydrogen-bond acceptors (Lipinski definition) is 4. The Balaban J connectivity index is 1.64. The molecule has 234 valence electrons. The summed E-state index contributed by atoms with van der Waals surface area (Å²) in [6.45, 7) is 5.61. The van der Waals surface area contributed by atoms with Gasteiger partial charge in [-0.3, -0.25) is 9.59 Å². The number of rotatable bonds is 8. The smallest absolute Gasteiger partial charge is 0.416 e. The van der Waals surface area contributed by atoms with Gasteiger partial charge in [0.05, 0.1) is 17.4 Å². The summed E-state index contributed by atoms with van der Waals surface area (Å²) in [6, 6.07) is 17.2. The van der Waals surface area contributed by atoms with Crippen LogP contribution in [0, 0.1) is 5.41 Å². The SMILES string of the molecule is CC(C)(C)C(Cl)c1ccc2c(c1)C(c1cccc(CNC(=O)O)c1)OC(CC(=O)NCc1ccccc1C(F)(F)F)C(=O)N2. The molecule has 0 saturated carbocycles. The lowest BCUT2D eigenvalue weighted by Crippen LogP contribution is -2.36. The van der Waals surface area contributed by atoms with Gasteiger partial charge in [-0.25, -0.2) is 4.79 Å². The molecule has 0 fully saturated rings. The minimum absolute atomic E-state index is 0.0268. The summed E-state index contributed by atoms with van der Waals surface area (Å²) in [6.07, 6.45) is -8.42. The number of nitrogens with one attached hydrogen (secondary N) is 3. The van der Waals surface area contributed by atoms with Gasteiger partial charge >= 0.3 is 12.3 Å². The molecule has 3 aromatic carbocycles. The van der Waals surface area contributed by atoms with Gasteiger partial charge in [-0.2, -0.15) is 13.2 Å². The van der Waals surface area contributed by atoms with Crippen LogP contribution < -0.4 is 16.0 Å². The second-order valence-electron chi connectivity index (χ2n) is 11.6. The van der Waals surface area contributed by atoms with Gasteiger partial charge in [0.25, 0.3) is 5.91 Å². The van der Waals surface area contributed by atoms with Crippen LogP contribution in [0.3, 0.4) is 0 Å². The van der Waals surface area contributed by atoms with Crippen LogP contribution in [0.15, 0.2) is 66.7 Å². The van der Waals surface area contributed by atoms with Crippen LogP contribution in [0.2, 0.25) is 0 Å². The number of ether oxygens (including phenoxy) is 1. The van der Waals surface area contributed by atoms with E-state index in [1.165, 1.54) is 18.2 Å². The third-order valence-corrected chi connectivity index (χ3v) is 8.04. The molecular formula is C32H33ClF3N3O5. The molecule has 44 heavy (non-hydrogen) atoms. The molecule has 4 rings (SSSR count). The summed E-state index contributed by atoms with van der Waals surface area (Å²) in [7, 11) is 0. The first-order valence-corrected chi connectivity index (χ1v) is 14.3. The first kappa shape index (κ1) is 32.8. The standard InChI is InChI=1S/C32H33ClF3N3O5/c1-31(2,3)28(33)20-11-12-24-22(14-20)27(19-9-6-7-18(13-19)16-38-30(42)43)44-25(29(41)39-24)15-26(40)37-17-21-8-4-5-10-23(21)32(34,35)36/h4-14,25,27-28,38H,15-17H2,1-3H3,(H,37,40)(H,39,41)(H,42,43). The van der Waals surface area contributed by atoms with Gasteiger partial charge in [-0.1, -0.05) is 69.3 Å². The van der Waals surface area contributed by atoms with Crippen LogP contribution in [-0.2, 0) is 33.6 Å². The fourth-order valence-corrected chi connectivity index (χ4v) is 5.05. The number of benzene rings is 3. The van der Waals surface area contributed by atoms with E-state index in [1.807, 2.05) is 26.8 Å². The van der Waals surface area contributed by atoms with Gasteiger partial charge in [0.15, 0.2) is 0 Å². The summed E-state index contributed by atoms with van der Waals surface area (Å²) in [5.74, 6) is -1.28. The van der Waals surface area contributed by atoms with Crippen molar-refractivity contribution in [2.75, 3.05) is 5.32 Å². The molecule has 1 heterocycles. The Morgan fingerprint density at radius 3 is 2.41 bits per heavy atom. The molecule has 3 atom stereocenters. The zero-order chi connectivity index (χ0) is 32.2. The van der Waals surface area contributed by atoms with Crippen molar-refractivity contribution in [2.45, 2.75) is 64.0 Å². The van der Waals surface area contributed by atoms with Crippen molar-refractivity contribution < 1.29 is 37.4 Å². The second-order valence-corrected chi connectivity index (χ2v) is 12.0. The van der Waals surface area contributed by atoms with Gasteiger partial charge in [0, 0.05) is 24.3 Å². The Labute approximate surface area is 257 Å². The zero-order valence-electron chi connectivity index (χ0n) is 24.3. The molecule has 0 saturated heterocycles. The predicted octanol–water partition coefficient (Wildman–Crippen LogP) is 6.93. The average molecular weight is 632 g/mol. The van der Waals surface area contributed by atoms with Gasteiger partial charge in [-0.05, 0) is 45.9 Å². The number of carbonyl (C=O) groups excluding carboxylic acids is 2. The van der Waals surface area contributed by atoms with Crippen molar-refractivity contribution in [1.82, 2.24) is 10.6 Å². The first-order valence-electron chi connectivity index (χ1n) is 13.8. The molecule has 3 unspecified atom stereocenters. The first-order chi connectivity index (χ1) is 20.6. The molecule has 0 radical (unpaired) electrons. The van der Waals surface area contributed by atoms with Gasteiger partial charge in [-0.15, -0.1) is 11.6 Å². The van der Waals surface area contributed by atoms with Crippen molar-refractivity contribution in [3.05, 3.63) is 100 Å². The van der Waals surface area contributed by atoms with Crippen molar-refractivity contribution in [3.8, 4) is 0 Å². The minimum atomic E-state index is -4.59. The second kappa shape index (κ2) is 13.3. The quantitative estimate of drug-likeness (QED) is 0.201. The molecule has 0 bridgehead atoms. The van der Waals surface area contributed by atoms with Crippen molar-refractivity contribution in [1.29, 1.82) is 0 Å². The van der Waals surface area contributed by atoms with Crippen LogP contribution in [0.4, 0.5) is 23.7 Å². The number of amides is 3. The lowest BCUT2D eigenvalue weighted by Gasteiger charge is -2.27. The molecular weight excluding hydrogens is 599 g/mol. The van der Waals surface area contributed by atoms with Crippen LogP contribution in [0.5, 0.6) is 0 Å². The fourth-order valence-electron chi connectivity index (χ4n) is 4.91. The summed E-state index contributed by atoms with van der Waals surface area (Å²) >= 11 is 6.79. The molecule has 1 aliphatic heterocycles. The van der Waals surface area contributed by atoms with E-state index in [9.17, 15) is 27.6 Å². The summed E-state index contributed by atoms with van der Waals surface area (Å²) in [4.78, 5) is 37.3. The maximum absolute atomic E-state index is 13.4. The lowest BCUT2D eigenvalue weighted by molar-refractivity contribution is -0.138. The van der Waals surface area contributed by atoms with E-state index in [-0.39, 0.29) is 22.9 Å². The van der Waals surface area contributed by atoms with E-state index < -0.39 is 54.8 Å². The topological polar surface area (TPSA) is 117 Å². The molecule has 8 nitrogen and oxygen atoms in total. The molecule has 3 amide bonds. The Hall–Kier alpha value is -4.09. The van der Waals surface area contributed by atoms with E-state index in [4.69, 9.17) is 21.4 Å². The number of alkyl halides is 4. The van der Waals surface area contributed by atoms with E-state index in [0.717, 1.165) is 11.6 Å². The molecule has 0 aliphatic carbocycles. The molecule has 12 heteroatoms. The van der Waals surface area contributed by atoms with E-state index in [2.05, 4.69) is 16.0 Å². The van der Waals surface area contributed by atoms with Gasteiger partial charge < -0.3 is 25.8 Å². The highest BCUT2D eigenvalue weighted by atomic mass is 35.5. The Bertz CT molecular complexity index is 1540. The van der Waals surface area contributed by atoms with Crippen LogP contribution >= 0.6 is 11.6 Å². The monoisotopic (exact) mass is 631 g/mol. The maximum Gasteiger partial charge on any atom is 0.416 e. The third-order valence-electron chi connectivity index (χ3n) is 7.13. The maximum atomic E-state index is 13.4. The largest absolute Gasteiger partial charge is 0.465 e. The van der Waals surface area contributed by atoms with Crippen molar-refractivity contribution >= 4 is 35.2 Å². The number of fused-ring (bicyclic) bond motifs is 1. The molecule has 1 aliphatic rings. The normalized spacial score (nSPS) is 17.6. The van der Waals surface area contributed by atoms with Gasteiger partial charge in [0.2, 0.25) is 5.91 Å². The summed E-state index contributed by atoms with van der Waals surface area (Å²) < 4.78 is 46.5. The van der Waals surface area contributed by atoms with Crippen LogP contribution in [-0.4, -0.2) is 29.1 Å². The van der Waals surface area contributed by atoms with Gasteiger partial charge in [0.1, 0.15) is 12.2 Å². The summed E-state index contributed by atoms with van der Waals surface area (Å²) in [5, 5.41) is 16.3. The number of carbonyl (C=O) groups is 3. The fraction of sp³-hybridized carbons (Fsp3) is 0.344. The molecule has 0 spiro atoms. The highest BCUT2D eigenvalue weighted by molar-refractivity contribution is 6.21. The molecule has 3 aromatic rings. The van der Waals surface area contributed by atoms with E-state index in [0.29, 0.717) is 22.4 Å². The van der Waals surface area contributed by atoms with Crippen LogP contribution in [0.25, 0.3) is 0 Å².